The second kappa shape index (κ2) is 8.09. The number of phenolic OH excluding ortho intramolecular Hbond substituents is 1. The van der Waals surface area contributed by atoms with Crippen molar-refractivity contribution in [2.24, 2.45) is 17.8 Å². The molecule has 7 heteroatoms. The summed E-state index contributed by atoms with van der Waals surface area (Å²) < 4.78 is 6.48. The van der Waals surface area contributed by atoms with E-state index >= 15 is 0 Å². The summed E-state index contributed by atoms with van der Waals surface area (Å²) in [6.45, 7) is 9.25. The zero-order valence-electron chi connectivity index (χ0n) is 20.2. The number of carbonyl (C=O) groups excluding carboxylic acids is 2. The second-order valence-electron chi connectivity index (χ2n) is 10.9. The summed E-state index contributed by atoms with van der Waals surface area (Å²) in [5.74, 6) is 0.198. The van der Waals surface area contributed by atoms with Gasteiger partial charge in [-0.1, -0.05) is 19.1 Å². The van der Waals surface area contributed by atoms with Crippen LogP contribution in [0.2, 0.25) is 0 Å². The van der Waals surface area contributed by atoms with Crippen LogP contribution in [0.1, 0.15) is 39.5 Å². The van der Waals surface area contributed by atoms with Crippen LogP contribution in [0.5, 0.6) is 5.75 Å². The minimum Gasteiger partial charge on any atom is -0.506 e. The standard InChI is InChI=1S/C27H35N3O4/c1-17-8-9-19-18(2)24-22-23(27(19,16-17)34-24)26(33)30(25(22)32)11-5-10-28-12-14-29(15-13-28)20-6-3-4-7-21(20)31/h3-4,6-7,17,22-24,31H,5,8-16H2,1-2H3. The summed E-state index contributed by atoms with van der Waals surface area (Å²) in [5.41, 5.74) is 2.91. The first-order chi connectivity index (χ1) is 16.4. The number of carbonyl (C=O) groups is 2. The van der Waals surface area contributed by atoms with Crippen LogP contribution in [0, 0.1) is 17.8 Å². The number of hydrogen-bond donors (Lipinski definition) is 1. The Morgan fingerprint density at radius 3 is 2.62 bits per heavy atom. The van der Waals surface area contributed by atoms with E-state index in [2.05, 4.69) is 23.6 Å². The SMILES string of the molecule is CC1=C2CCC(C)CC23OC1C1C(=O)N(CCCN2CCN(c4ccccc4O)CC2)C(=O)C13. The molecule has 5 unspecified atom stereocenters. The summed E-state index contributed by atoms with van der Waals surface area (Å²) in [7, 11) is 0. The van der Waals surface area contributed by atoms with E-state index < -0.39 is 5.60 Å². The number of likely N-dealkylation sites (tertiary alicyclic amines) is 1. The molecule has 6 rings (SSSR count). The highest BCUT2D eigenvalue weighted by Crippen LogP contribution is 2.62. The molecule has 1 N–H and O–H groups in total. The number of phenols is 1. The van der Waals surface area contributed by atoms with Crippen molar-refractivity contribution in [3.05, 3.63) is 35.4 Å². The van der Waals surface area contributed by atoms with Crippen LogP contribution in [0.25, 0.3) is 0 Å². The summed E-state index contributed by atoms with van der Waals surface area (Å²) in [5, 5.41) is 10.1. The van der Waals surface area contributed by atoms with Crippen LogP contribution in [-0.2, 0) is 14.3 Å². The fourth-order valence-electron chi connectivity index (χ4n) is 7.38. The van der Waals surface area contributed by atoms with Gasteiger partial charge < -0.3 is 14.7 Å². The first-order valence-corrected chi connectivity index (χ1v) is 12.9. The van der Waals surface area contributed by atoms with Gasteiger partial charge in [-0.2, -0.15) is 0 Å². The molecule has 1 aromatic rings. The molecule has 0 aromatic heterocycles. The van der Waals surface area contributed by atoms with E-state index in [-0.39, 0.29) is 29.8 Å². The number of fused-ring (bicyclic) bond motifs is 3. The van der Waals surface area contributed by atoms with E-state index in [1.165, 1.54) is 11.1 Å². The van der Waals surface area contributed by atoms with Gasteiger partial charge in [-0.25, -0.2) is 0 Å². The Hall–Kier alpha value is -2.38. The number of rotatable bonds is 5. The summed E-state index contributed by atoms with van der Waals surface area (Å²) >= 11 is 0. The zero-order chi connectivity index (χ0) is 23.6. The van der Waals surface area contributed by atoms with Gasteiger partial charge in [0, 0.05) is 32.7 Å². The summed E-state index contributed by atoms with van der Waals surface area (Å²) in [4.78, 5) is 33.0. The van der Waals surface area contributed by atoms with E-state index in [0.29, 0.717) is 18.2 Å². The molecule has 4 aliphatic heterocycles. The van der Waals surface area contributed by atoms with E-state index in [0.717, 1.165) is 64.1 Å². The van der Waals surface area contributed by atoms with Gasteiger partial charge in [0.1, 0.15) is 11.4 Å². The number of anilines is 1. The lowest BCUT2D eigenvalue weighted by molar-refractivity contribution is -0.145. The molecule has 2 bridgehead atoms. The first kappa shape index (κ1) is 22.1. The predicted molar refractivity (Wildman–Crippen MR) is 128 cm³/mol. The average molecular weight is 466 g/mol. The number of benzene rings is 1. The maximum atomic E-state index is 13.5. The number of nitrogens with zero attached hydrogens (tertiary/aromatic N) is 3. The van der Waals surface area contributed by atoms with Crippen LogP contribution in [0.4, 0.5) is 5.69 Å². The normalized spacial score (nSPS) is 35.4. The Bertz CT molecular complexity index is 1050. The second-order valence-corrected chi connectivity index (χ2v) is 10.9. The average Bonchev–Trinajstić information content (AvgIpc) is 3.39. The minimum absolute atomic E-state index is 0.000900. The van der Waals surface area contributed by atoms with E-state index in [1.807, 2.05) is 18.2 Å². The Balaban J connectivity index is 1.06. The number of piperazine rings is 1. The molecule has 34 heavy (non-hydrogen) atoms. The zero-order valence-corrected chi connectivity index (χ0v) is 20.2. The molecule has 5 atom stereocenters. The highest BCUT2D eigenvalue weighted by molar-refractivity contribution is 6.07. The molecule has 5 aliphatic rings. The molecule has 2 amide bonds. The Morgan fingerprint density at radius 2 is 1.85 bits per heavy atom. The molecule has 3 saturated heterocycles. The molecule has 1 aliphatic carbocycles. The van der Waals surface area contributed by atoms with Crippen molar-refractivity contribution in [2.75, 3.05) is 44.2 Å². The van der Waals surface area contributed by atoms with Crippen molar-refractivity contribution < 1.29 is 19.4 Å². The van der Waals surface area contributed by atoms with Crippen LogP contribution in [0.3, 0.4) is 0 Å². The van der Waals surface area contributed by atoms with Crippen LogP contribution < -0.4 is 4.90 Å². The lowest BCUT2D eigenvalue weighted by Gasteiger charge is -2.40. The van der Waals surface area contributed by atoms with Crippen molar-refractivity contribution in [2.45, 2.75) is 51.2 Å². The largest absolute Gasteiger partial charge is 0.506 e. The van der Waals surface area contributed by atoms with Gasteiger partial charge in [0.05, 0.1) is 23.6 Å². The third-order valence-electron chi connectivity index (χ3n) is 9.01. The van der Waals surface area contributed by atoms with Gasteiger partial charge >= 0.3 is 0 Å². The molecule has 1 spiro atoms. The molecule has 0 radical (unpaired) electrons. The van der Waals surface area contributed by atoms with Crippen molar-refractivity contribution in [1.29, 1.82) is 0 Å². The molecule has 7 nitrogen and oxygen atoms in total. The third-order valence-corrected chi connectivity index (χ3v) is 9.01. The number of para-hydroxylation sites is 2. The smallest absolute Gasteiger partial charge is 0.236 e. The highest BCUT2D eigenvalue weighted by Gasteiger charge is 2.71. The lowest BCUT2D eigenvalue weighted by Crippen LogP contribution is -2.48. The van der Waals surface area contributed by atoms with E-state index in [1.54, 1.807) is 11.0 Å². The Labute approximate surface area is 201 Å². The van der Waals surface area contributed by atoms with Gasteiger partial charge in [-0.05, 0) is 68.3 Å². The van der Waals surface area contributed by atoms with Crippen molar-refractivity contribution in [3.8, 4) is 5.75 Å². The molecular weight excluding hydrogens is 430 g/mol. The number of hydrogen-bond acceptors (Lipinski definition) is 6. The molecule has 182 valence electrons. The van der Waals surface area contributed by atoms with Crippen LogP contribution in [-0.4, -0.2) is 77.7 Å². The molecular formula is C27H35N3O4. The molecule has 4 heterocycles. The third kappa shape index (κ3) is 3.16. The maximum Gasteiger partial charge on any atom is 0.236 e. The van der Waals surface area contributed by atoms with Crippen molar-refractivity contribution in [3.63, 3.8) is 0 Å². The fraction of sp³-hybridized carbons (Fsp3) is 0.630. The summed E-state index contributed by atoms with van der Waals surface area (Å²) in [6, 6.07) is 7.48. The van der Waals surface area contributed by atoms with Gasteiger partial charge in [-0.3, -0.25) is 19.4 Å². The van der Waals surface area contributed by atoms with Crippen LogP contribution >= 0.6 is 0 Å². The number of aromatic hydroxyl groups is 1. The van der Waals surface area contributed by atoms with Crippen molar-refractivity contribution in [1.82, 2.24) is 9.80 Å². The number of amides is 2. The monoisotopic (exact) mass is 465 g/mol. The quantitative estimate of drug-likeness (QED) is 0.533. The summed E-state index contributed by atoms with van der Waals surface area (Å²) in [6.07, 6.45) is 3.60. The van der Waals surface area contributed by atoms with E-state index in [9.17, 15) is 14.7 Å². The highest BCUT2D eigenvalue weighted by atomic mass is 16.5. The first-order valence-electron chi connectivity index (χ1n) is 12.9. The predicted octanol–water partition coefficient (Wildman–Crippen LogP) is 2.79. The molecule has 1 saturated carbocycles. The number of imide groups is 1. The van der Waals surface area contributed by atoms with Gasteiger partial charge in [0.25, 0.3) is 0 Å². The molecule has 1 aromatic carbocycles. The number of ether oxygens (including phenoxy) is 1. The topological polar surface area (TPSA) is 73.3 Å². The van der Waals surface area contributed by atoms with Gasteiger partial charge in [-0.15, -0.1) is 0 Å². The lowest BCUT2D eigenvalue weighted by atomic mass is 9.62. The molecule has 4 fully saturated rings. The Morgan fingerprint density at radius 1 is 1.09 bits per heavy atom. The Kier molecular flexibility index (Phi) is 5.26. The van der Waals surface area contributed by atoms with Gasteiger partial charge in [0.15, 0.2) is 0 Å². The van der Waals surface area contributed by atoms with E-state index in [4.69, 9.17) is 4.74 Å². The van der Waals surface area contributed by atoms with Crippen LogP contribution in [0.15, 0.2) is 35.4 Å². The fourth-order valence-corrected chi connectivity index (χ4v) is 7.38. The maximum absolute atomic E-state index is 13.5. The minimum atomic E-state index is -0.516. The van der Waals surface area contributed by atoms with Gasteiger partial charge in [0.2, 0.25) is 11.8 Å². The van der Waals surface area contributed by atoms with Crippen molar-refractivity contribution >= 4 is 17.5 Å².